The summed E-state index contributed by atoms with van der Waals surface area (Å²) in [6, 6.07) is -3.24. The summed E-state index contributed by atoms with van der Waals surface area (Å²) in [5.74, 6) is 0. The molecule has 13 nitrogen and oxygen atoms in total. The van der Waals surface area contributed by atoms with Crippen LogP contribution in [0.1, 0.15) is 12.8 Å². The number of nitrogens with two attached hydrogens (primary N) is 6. The fourth-order valence-corrected chi connectivity index (χ4v) is 4.36. The van der Waals surface area contributed by atoms with Gasteiger partial charge in [0.05, 0.1) is 43.0 Å². The molecule has 13 atom stereocenters. The zero-order valence-electron chi connectivity index (χ0n) is 17.7. The lowest BCUT2D eigenvalue weighted by Gasteiger charge is -2.47. The lowest BCUT2D eigenvalue weighted by Crippen LogP contribution is -2.68. The summed E-state index contributed by atoms with van der Waals surface area (Å²) >= 11 is 0. The maximum Gasteiger partial charge on any atom is 0.176 e. The van der Waals surface area contributed by atoms with Crippen molar-refractivity contribution in [2.45, 2.75) is 92.3 Å². The maximum atomic E-state index is 11.0. The van der Waals surface area contributed by atoms with Gasteiger partial charge < -0.3 is 68.3 Å². The molecule has 0 unspecified atom stereocenters. The third-order valence-corrected chi connectivity index (χ3v) is 6.41. The second-order valence-corrected chi connectivity index (χ2v) is 8.63. The normalized spacial score (nSPS) is 51.6. The van der Waals surface area contributed by atoms with Gasteiger partial charge in [-0.3, -0.25) is 0 Å². The van der Waals surface area contributed by atoms with Crippen LogP contribution in [0.25, 0.3) is 0 Å². The molecule has 2 aliphatic heterocycles. The van der Waals surface area contributed by atoms with Gasteiger partial charge in [-0.2, -0.15) is 0 Å². The van der Waals surface area contributed by atoms with Crippen molar-refractivity contribution in [2.75, 3.05) is 20.3 Å². The number of aliphatic hydroxyl groups excluding tert-OH is 2. The van der Waals surface area contributed by atoms with Crippen molar-refractivity contribution in [3.8, 4) is 0 Å². The first-order valence-corrected chi connectivity index (χ1v) is 10.6. The molecule has 1 aliphatic carbocycles. The molecular formula is C18H38N6O7. The molecule has 3 aliphatic rings. The van der Waals surface area contributed by atoms with E-state index in [-0.39, 0.29) is 19.3 Å². The van der Waals surface area contributed by atoms with Gasteiger partial charge in [0, 0.05) is 32.2 Å². The van der Waals surface area contributed by atoms with E-state index in [0.717, 1.165) is 0 Å². The third-order valence-electron chi connectivity index (χ3n) is 6.41. The van der Waals surface area contributed by atoms with Crippen LogP contribution in [0.3, 0.4) is 0 Å². The van der Waals surface area contributed by atoms with Crippen LogP contribution in [0.2, 0.25) is 0 Å². The van der Waals surface area contributed by atoms with Crippen molar-refractivity contribution in [1.82, 2.24) is 0 Å². The average Bonchev–Trinajstić information content (AvgIpc) is 2.74. The third kappa shape index (κ3) is 5.35. The van der Waals surface area contributed by atoms with Crippen LogP contribution in [-0.4, -0.2) is 110 Å². The number of hydrogen-bond acceptors (Lipinski definition) is 13. The summed E-state index contributed by atoms with van der Waals surface area (Å²) < 4.78 is 28.5. The summed E-state index contributed by atoms with van der Waals surface area (Å²) in [6.07, 6.45) is -5.96. The standard InChI is InChI=1S/C18H38N6O7/c1-27-10-5-28-17(13(24)12(10)23)30-15-7(20)3-8(21)16(14(15)26)31-18-11(22)9(25)2-6(4-19)29-18/h6-18,25-26H,2-5,19-24H2,1H3/t6-,7+,8-,9-,10+,11+,12-,13+,14+,15-,16+,17+,18+/m0/s1. The van der Waals surface area contributed by atoms with Crippen LogP contribution < -0.4 is 34.4 Å². The van der Waals surface area contributed by atoms with E-state index in [0.29, 0.717) is 12.8 Å². The van der Waals surface area contributed by atoms with Gasteiger partial charge in [-0.1, -0.05) is 0 Å². The lowest BCUT2D eigenvalue weighted by atomic mass is 9.84. The SMILES string of the molecule is CO[C@@H]1CO[C@H](O[C@@H]2[C@@H](O)[C@H](O[C@H]3O[C@H](CN)C[C@H](O)[C@H]3N)[C@@H](N)C[C@H]2N)[C@H](N)[C@H]1N. The number of hydrogen-bond donors (Lipinski definition) is 8. The van der Waals surface area contributed by atoms with Gasteiger partial charge >= 0.3 is 0 Å². The highest BCUT2D eigenvalue weighted by atomic mass is 16.7. The molecule has 0 aromatic heterocycles. The molecule has 0 aromatic rings. The van der Waals surface area contributed by atoms with Crippen molar-refractivity contribution < 1.29 is 33.9 Å². The van der Waals surface area contributed by atoms with Gasteiger partial charge in [0.2, 0.25) is 0 Å². The molecule has 0 amide bonds. The van der Waals surface area contributed by atoms with Crippen molar-refractivity contribution in [2.24, 2.45) is 34.4 Å². The molecule has 182 valence electrons. The Bertz CT molecular complexity index is 580. The fraction of sp³-hybridized carbons (Fsp3) is 1.00. The Hall–Kier alpha value is -0.520. The second-order valence-electron chi connectivity index (χ2n) is 8.63. The minimum atomic E-state index is -1.22. The van der Waals surface area contributed by atoms with Gasteiger partial charge in [0.25, 0.3) is 0 Å². The first kappa shape index (κ1) is 25.1. The Balaban J connectivity index is 1.68. The van der Waals surface area contributed by atoms with Crippen LogP contribution in [0.4, 0.5) is 0 Å². The Kier molecular flexibility index (Phi) is 8.59. The summed E-state index contributed by atoms with van der Waals surface area (Å²) in [4.78, 5) is 0. The van der Waals surface area contributed by atoms with E-state index in [2.05, 4.69) is 0 Å². The lowest BCUT2D eigenvalue weighted by molar-refractivity contribution is -0.287. The van der Waals surface area contributed by atoms with Crippen LogP contribution in [0.5, 0.6) is 0 Å². The minimum Gasteiger partial charge on any atom is -0.391 e. The van der Waals surface area contributed by atoms with Crippen LogP contribution in [-0.2, 0) is 23.7 Å². The smallest absolute Gasteiger partial charge is 0.176 e. The number of methoxy groups -OCH3 is 1. The molecule has 13 heteroatoms. The van der Waals surface area contributed by atoms with Crippen molar-refractivity contribution >= 4 is 0 Å². The van der Waals surface area contributed by atoms with E-state index >= 15 is 0 Å². The van der Waals surface area contributed by atoms with E-state index in [1.807, 2.05) is 0 Å². The molecule has 0 bridgehead atoms. The van der Waals surface area contributed by atoms with Crippen molar-refractivity contribution in [1.29, 1.82) is 0 Å². The first-order valence-electron chi connectivity index (χ1n) is 10.6. The highest BCUT2D eigenvalue weighted by Gasteiger charge is 2.48. The molecule has 0 radical (unpaired) electrons. The maximum absolute atomic E-state index is 11.0. The highest BCUT2D eigenvalue weighted by Crippen LogP contribution is 2.29. The van der Waals surface area contributed by atoms with Crippen LogP contribution >= 0.6 is 0 Å². The topological polar surface area (TPSA) is 243 Å². The predicted octanol–water partition coefficient (Wildman–Crippen LogP) is -5.04. The molecule has 14 N–H and O–H groups in total. The second kappa shape index (κ2) is 10.6. The van der Waals surface area contributed by atoms with E-state index in [9.17, 15) is 10.2 Å². The van der Waals surface area contributed by atoms with E-state index < -0.39 is 73.3 Å². The Morgan fingerprint density at radius 3 is 2.06 bits per heavy atom. The molecule has 3 rings (SSSR count). The van der Waals surface area contributed by atoms with E-state index in [1.54, 1.807) is 0 Å². The summed E-state index contributed by atoms with van der Waals surface area (Å²) in [6.45, 7) is 0.385. The molecule has 2 saturated heterocycles. The Labute approximate surface area is 181 Å². The Morgan fingerprint density at radius 1 is 0.871 bits per heavy atom. The molecular weight excluding hydrogens is 412 g/mol. The molecule has 2 heterocycles. The van der Waals surface area contributed by atoms with Gasteiger partial charge in [0.15, 0.2) is 12.6 Å². The molecule has 31 heavy (non-hydrogen) atoms. The molecule has 0 spiro atoms. The molecule has 0 aromatic carbocycles. The zero-order chi connectivity index (χ0) is 22.9. The summed E-state index contributed by atoms with van der Waals surface area (Å²) in [7, 11) is 1.52. The number of aliphatic hydroxyl groups is 2. The molecule has 3 fully saturated rings. The quantitative estimate of drug-likeness (QED) is 0.189. The largest absolute Gasteiger partial charge is 0.391 e. The molecule has 1 saturated carbocycles. The monoisotopic (exact) mass is 450 g/mol. The van der Waals surface area contributed by atoms with E-state index in [1.165, 1.54) is 7.11 Å². The minimum absolute atomic E-state index is 0.191. The highest BCUT2D eigenvalue weighted by molar-refractivity contribution is 5.01. The van der Waals surface area contributed by atoms with Crippen LogP contribution in [0.15, 0.2) is 0 Å². The number of ether oxygens (including phenoxy) is 5. The average molecular weight is 451 g/mol. The van der Waals surface area contributed by atoms with Gasteiger partial charge in [-0.05, 0) is 6.42 Å². The van der Waals surface area contributed by atoms with Crippen LogP contribution in [0, 0.1) is 0 Å². The van der Waals surface area contributed by atoms with Gasteiger partial charge in [-0.25, -0.2) is 0 Å². The van der Waals surface area contributed by atoms with Crippen molar-refractivity contribution in [3.63, 3.8) is 0 Å². The van der Waals surface area contributed by atoms with Gasteiger partial charge in [0.1, 0.15) is 18.3 Å². The van der Waals surface area contributed by atoms with Gasteiger partial charge in [-0.15, -0.1) is 0 Å². The summed E-state index contributed by atoms with van der Waals surface area (Å²) in [5, 5.41) is 21.2. The zero-order valence-corrected chi connectivity index (χ0v) is 17.7. The Morgan fingerprint density at radius 2 is 1.48 bits per heavy atom. The fourth-order valence-electron chi connectivity index (χ4n) is 4.36. The first-order chi connectivity index (χ1) is 14.7. The number of rotatable bonds is 6. The van der Waals surface area contributed by atoms with E-state index in [4.69, 9.17) is 58.1 Å². The predicted molar refractivity (Wildman–Crippen MR) is 109 cm³/mol. The van der Waals surface area contributed by atoms with Crippen molar-refractivity contribution in [3.05, 3.63) is 0 Å². The summed E-state index contributed by atoms with van der Waals surface area (Å²) in [5.41, 5.74) is 36.4.